The van der Waals surface area contributed by atoms with Crippen LogP contribution in [0, 0.1) is 5.82 Å². The lowest BCUT2D eigenvalue weighted by Gasteiger charge is -2.21. The second-order valence-electron chi connectivity index (χ2n) is 5.05. The molecule has 0 saturated heterocycles. The number of rotatable bonds is 5. The molecule has 1 aromatic carbocycles. The molecule has 124 valence electrons. The second kappa shape index (κ2) is 7.00. The van der Waals surface area contributed by atoms with Crippen molar-refractivity contribution in [1.82, 2.24) is 14.7 Å². The van der Waals surface area contributed by atoms with Crippen LogP contribution in [0.25, 0.3) is 10.9 Å². The van der Waals surface area contributed by atoms with Gasteiger partial charge in [-0.25, -0.2) is 13.3 Å². The zero-order chi connectivity index (χ0) is 17.1. The first-order chi connectivity index (χ1) is 11.6. The quantitative estimate of drug-likeness (QED) is 0.618. The highest BCUT2D eigenvalue weighted by Gasteiger charge is 2.23. The third-order valence-corrected chi connectivity index (χ3v) is 4.14. The summed E-state index contributed by atoms with van der Waals surface area (Å²) in [4.78, 5) is 8.08. The van der Waals surface area contributed by atoms with Crippen LogP contribution in [-0.2, 0) is 11.3 Å². The van der Waals surface area contributed by atoms with Crippen molar-refractivity contribution < 1.29 is 13.2 Å². The van der Waals surface area contributed by atoms with E-state index in [0.29, 0.717) is 16.8 Å². The van der Waals surface area contributed by atoms with E-state index in [0.717, 1.165) is 11.6 Å². The first-order valence-corrected chi connectivity index (χ1v) is 8.24. The maximum atomic E-state index is 14.2. The summed E-state index contributed by atoms with van der Waals surface area (Å²) in [6.07, 6.45) is 4.17. The number of hydrogen-bond acceptors (Lipinski definition) is 4. The average molecular weight is 346 g/mol. The van der Waals surface area contributed by atoms with Gasteiger partial charge in [0, 0.05) is 36.0 Å². The van der Waals surface area contributed by atoms with E-state index >= 15 is 0 Å². The van der Waals surface area contributed by atoms with Crippen LogP contribution in [0.1, 0.15) is 17.2 Å². The predicted molar refractivity (Wildman–Crippen MR) is 91.2 cm³/mol. The van der Waals surface area contributed by atoms with Gasteiger partial charge in [-0.2, -0.15) is 0 Å². The van der Waals surface area contributed by atoms with E-state index < -0.39 is 23.1 Å². The molecule has 0 spiro atoms. The van der Waals surface area contributed by atoms with Crippen LogP contribution in [0.4, 0.5) is 10.1 Å². The molecule has 2 heterocycles. The van der Waals surface area contributed by atoms with Gasteiger partial charge in [-0.1, -0.05) is 18.2 Å². The number of nitrogens with one attached hydrogen (secondary N) is 2. The third-order valence-electron chi connectivity index (χ3n) is 3.70. The van der Waals surface area contributed by atoms with E-state index in [1.165, 1.54) is 12.3 Å². The lowest BCUT2D eigenvalue weighted by molar-refractivity contribution is 0.532. The Kier molecular flexibility index (Phi) is 4.79. The summed E-state index contributed by atoms with van der Waals surface area (Å²) in [5, 5.41) is 3.97. The zero-order valence-corrected chi connectivity index (χ0v) is 13.5. The van der Waals surface area contributed by atoms with Crippen LogP contribution in [0.2, 0.25) is 0 Å². The van der Waals surface area contributed by atoms with Crippen molar-refractivity contribution in [2.45, 2.75) is 6.04 Å². The van der Waals surface area contributed by atoms with Gasteiger partial charge in [0.15, 0.2) is 0 Å². The molecule has 3 N–H and O–H groups in total. The minimum absolute atomic E-state index is 0.221. The minimum Gasteiger partial charge on any atom is -0.386 e. The summed E-state index contributed by atoms with van der Waals surface area (Å²) in [5.41, 5.74) is 2.19. The number of fused-ring (bicyclic) bond motifs is 1. The molecule has 0 aliphatic rings. The van der Waals surface area contributed by atoms with Crippen molar-refractivity contribution in [1.29, 1.82) is 0 Å². The molecular formula is C16H15FN4O2S. The fourth-order valence-electron chi connectivity index (χ4n) is 2.68. The summed E-state index contributed by atoms with van der Waals surface area (Å²) >= 11 is -2.33. The van der Waals surface area contributed by atoms with Crippen LogP contribution in [0.15, 0.2) is 48.9 Å². The highest BCUT2D eigenvalue weighted by molar-refractivity contribution is 7.77. The van der Waals surface area contributed by atoms with Gasteiger partial charge in [-0.3, -0.25) is 14.5 Å². The largest absolute Gasteiger partial charge is 0.386 e. The summed E-state index contributed by atoms with van der Waals surface area (Å²) in [6, 6.07) is 7.98. The number of pyridine rings is 2. The Morgan fingerprint density at radius 2 is 2.04 bits per heavy atom. The molecule has 3 rings (SSSR count). The first-order valence-electron chi connectivity index (χ1n) is 7.13. The average Bonchev–Trinajstić information content (AvgIpc) is 2.59. The molecule has 0 saturated carbocycles. The van der Waals surface area contributed by atoms with E-state index in [9.17, 15) is 13.2 Å². The van der Waals surface area contributed by atoms with Crippen molar-refractivity contribution in [3.63, 3.8) is 0 Å². The molecule has 6 nitrogen and oxygen atoms in total. The second-order valence-corrected chi connectivity index (χ2v) is 5.79. The van der Waals surface area contributed by atoms with E-state index in [2.05, 4.69) is 20.0 Å². The monoisotopic (exact) mass is 346 g/mol. The van der Waals surface area contributed by atoms with E-state index in [4.69, 9.17) is 0 Å². The molecular weight excluding hydrogens is 331 g/mol. The summed E-state index contributed by atoms with van der Waals surface area (Å²) in [6.45, 7) is 0. The molecule has 3 aromatic rings. The van der Waals surface area contributed by atoms with Crippen molar-refractivity contribution >= 4 is 27.9 Å². The minimum atomic E-state index is -2.33. The molecule has 0 radical (unpaired) electrons. The van der Waals surface area contributed by atoms with Gasteiger partial charge in [0.1, 0.15) is 5.82 Å². The Balaban J connectivity index is 2.23. The van der Waals surface area contributed by atoms with Gasteiger partial charge in [0.05, 0.1) is 23.4 Å². The fourth-order valence-corrected chi connectivity index (χ4v) is 3.13. The molecule has 0 bridgehead atoms. The molecule has 2 atom stereocenters. The number of anilines is 1. The number of benzene rings is 1. The Bertz CT molecular complexity index is 906. The van der Waals surface area contributed by atoms with Gasteiger partial charge in [0.2, 0.25) is 11.3 Å². The Morgan fingerprint density at radius 3 is 2.75 bits per heavy atom. The smallest absolute Gasteiger partial charge is 0.232 e. The van der Waals surface area contributed by atoms with Crippen molar-refractivity contribution in [3.05, 3.63) is 65.9 Å². The number of halogens is 1. The van der Waals surface area contributed by atoms with Gasteiger partial charge >= 0.3 is 0 Å². The van der Waals surface area contributed by atoms with Gasteiger partial charge in [-0.05, 0) is 12.1 Å². The number of nitrogens with zero attached hydrogens (tertiary/aromatic N) is 2. The van der Waals surface area contributed by atoms with E-state index in [1.54, 1.807) is 19.3 Å². The Morgan fingerprint density at radius 1 is 1.21 bits per heavy atom. The maximum absolute atomic E-state index is 14.2. The third kappa shape index (κ3) is 3.12. The first kappa shape index (κ1) is 16.4. The molecule has 0 aliphatic heterocycles. The van der Waals surface area contributed by atoms with Crippen LogP contribution in [-0.4, -0.2) is 25.8 Å². The van der Waals surface area contributed by atoms with Crippen LogP contribution < -0.4 is 10.0 Å². The highest BCUT2D eigenvalue weighted by Crippen LogP contribution is 2.34. The highest BCUT2D eigenvalue weighted by atomic mass is 32.2. The standard InChI is InChI=1S/C16H15FN4O2S/c1-18-16-12(5-4-10-3-2-7-20-14(10)16)15(21-24(22)23)11-6-8-19-9-13(11)17/h2-9,15,18,21H,1H3,(H,22,23). The molecule has 0 fully saturated rings. The van der Waals surface area contributed by atoms with Crippen LogP contribution in [0.3, 0.4) is 0 Å². The normalized spacial score (nSPS) is 13.6. The molecule has 0 aliphatic carbocycles. The van der Waals surface area contributed by atoms with Crippen molar-refractivity contribution in [2.75, 3.05) is 12.4 Å². The summed E-state index contributed by atoms with van der Waals surface area (Å²) in [7, 11) is 1.73. The summed E-state index contributed by atoms with van der Waals surface area (Å²) < 4.78 is 37.3. The number of aromatic nitrogens is 2. The Labute approximate surface area is 140 Å². The zero-order valence-electron chi connectivity index (χ0n) is 12.7. The fraction of sp³-hybridized carbons (Fsp3) is 0.125. The Hall–Kier alpha value is -2.42. The van der Waals surface area contributed by atoms with Gasteiger partial charge in [-0.15, -0.1) is 0 Å². The molecule has 2 aromatic heterocycles. The molecule has 0 amide bonds. The van der Waals surface area contributed by atoms with Gasteiger partial charge in [0.25, 0.3) is 0 Å². The van der Waals surface area contributed by atoms with Crippen LogP contribution in [0.5, 0.6) is 0 Å². The maximum Gasteiger partial charge on any atom is 0.232 e. The lowest BCUT2D eigenvalue weighted by Crippen LogP contribution is -2.26. The lowest BCUT2D eigenvalue weighted by atomic mass is 9.96. The predicted octanol–water partition coefficient (Wildman–Crippen LogP) is 2.63. The molecule has 8 heteroatoms. The summed E-state index contributed by atoms with van der Waals surface area (Å²) in [5.74, 6) is -0.566. The topological polar surface area (TPSA) is 87.1 Å². The van der Waals surface area contributed by atoms with E-state index in [1.807, 2.05) is 18.2 Å². The van der Waals surface area contributed by atoms with Crippen LogP contribution >= 0.6 is 0 Å². The molecule has 24 heavy (non-hydrogen) atoms. The SMILES string of the molecule is CNc1c(C(NS(=O)O)c2ccncc2F)ccc2cccnc12. The van der Waals surface area contributed by atoms with Gasteiger partial charge < -0.3 is 5.32 Å². The molecule has 2 unspecified atom stereocenters. The van der Waals surface area contributed by atoms with Crippen molar-refractivity contribution in [2.24, 2.45) is 0 Å². The number of hydrogen-bond donors (Lipinski definition) is 3. The van der Waals surface area contributed by atoms with E-state index in [-0.39, 0.29) is 5.56 Å². The van der Waals surface area contributed by atoms with Crippen molar-refractivity contribution in [3.8, 4) is 0 Å².